The van der Waals surface area contributed by atoms with E-state index in [9.17, 15) is 19.5 Å². The Morgan fingerprint density at radius 3 is 2.60 bits per heavy atom. The molecule has 0 spiro atoms. The van der Waals surface area contributed by atoms with Crippen molar-refractivity contribution in [3.05, 3.63) is 34.6 Å². The summed E-state index contributed by atoms with van der Waals surface area (Å²) in [5.74, 6) is -1.93. The summed E-state index contributed by atoms with van der Waals surface area (Å²) < 4.78 is 5.82. The molecule has 0 aromatic rings. The number of rotatable bonds is 1. The molecule has 4 rings (SSSR count). The summed E-state index contributed by atoms with van der Waals surface area (Å²) in [6.45, 7) is 5.48. The van der Waals surface area contributed by atoms with Gasteiger partial charge in [0.2, 0.25) is 11.6 Å². The molecule has 3 atom stereocenters. The summed E-state index contributed by atoms with van der Waals surface area (Å²) in [6.07, 6.45) is 6.08. The van der Waals surface area contributed by atoms with E-state index in [-0.39, 0.29) is 41.1 Å². The smallest absolute Gasteiger partial charge is 0.313 e. The first-order valence-corrected chi connectivity index (χ1v) is 8.88. The molecule has 5 nitrogen and oxygen atoms in total. The van der Waals surface area contributed by atoms with Crippen LogP contribution in [0.4, 0.5) is 0 Å². The van der Waals surface area contributed by atoms with Gasteiger partial charge in [-0.1, -0.05) is 26.0 Å². The molecule has 5 heteroatoms. The van der Waals surface area contributed by atoms with Gasteiger partial charge in [0.25, 0.3) is 0 Å². The molecule has 0 aromatic carbocycles. The maximum absolute atomic E-state index is 12.8. The predicted molar refractivity (Wildman–Crippen MR) is 89.6 cm³/mol. The highest BCUT2D eigenvalue weighted by atomic mass is 16.6. The molecule has 132 valence electrons. The fraction of sp³-hybridized carbons (Fsp3) is 0.550. The number of aliphatic hydroxyl groups excluding tert-OH is 1. The first kappa shape index (κ1) is 16.3. The second-order valence-corrected chi connectivity index (χ2v) is 8.21. The Bertz CT molecular complexity index is 812. The third kappa shape index (κ3) is 1.92. The predicted octanol–water partition coefficient (Wildman–Crippen LogP) is 2.96. The van der Waals surface area contributed by atoms with Crippen LogP contribution in [0.2, 0.25) is 0 Å². The van der Waals surface area contributed by atoms with E-state index in [0.717, 1.165) is 12.8 Å². The number of carbonyl (C=O) groups excluding carboxylic acids is 3. The molecule has 1 heterocycles. The van der Waals surface area contributed by atoms with Crippen LogP contribution in [0.1, 0.15) is 46.5 Å². The highest BCUT2D eigenvalue weighted by molar-refractivity contribution is 6.50. The molecule has 2 fully saturated rings. The van der Waals surface area contributed by atoms with Gasteiger partial charge in [0.05, 0.1) is 5.41 Å². The zero-order valence-electron chi connectivity index (χ0n) is 14.7. The summed E-state index contributed by atoms with van der Waals surface area (Å²) in [4.78, 5) is 37.7. The largest absolute Gasteiger partial charge is 0.507 e. The van der Waals surface area contributed by atoms with Gasteiger partial charge in [-0.2, -0.15) is 0 Å². The van der Waals surface area contributed by atoms with Crippen LogP contribution in [0, 0.1) is 17.3 Å². The van der Waals surface area contributed by atoms with Gasteiger partial charge < -0.3 is 9.84 Å². The van der Waals surface area contributed by atoms with Crippen molar-refractivity contribution in [2.45, 2.75) is 52.1 Å². The minimum atomic E-state index is -0.775. The molecule has 2 bridgehead atoms. The normalized spacial score (nSPS) is 37.3. The molecule has 3 aliphatic carbocycles. The number of allylic oxidation sites excluding steroid dienone is 2. The molecular formula is C20H22O5. The van der Waals surface area contributed by atoms with Crippen molar-refractivity contribution >= 4 is 17.5 Å². The Hall–Kier alpha value is -2.17. The van der Waals surface area contributed by atoms with Crippen molar-refractivity contribution in [2.75, 3.05) is 0 Å². The monoisotopic (exact) mass is 342 g/mol. The maximum Gasteiger partial charge on any atom is 0.313 e. The second-order valence-electron chi connectivity index (χ2n) is 8.21. The third-order valence-electron chi connectivity index (χ3n) is 6.38. The summed E-state index contributed by atoms with van der Waals surface area (Å²) >= 11 is 0. The summed E-state index contributed by atoms with van der Waals surface area (Å²) in [7, 11) is 0. The average molecular weight is 342 g/mol. The van der Waals surface area contributed by atoms with Gasteiger partial charge in [0, 0.05) is 29.1 Å². The highest BCUT2D eigenvalue weighted by Gasteiger charge is 2.64. The van der Waals surface area contributed by atoms with Gasteiger partial charge in [0.15, 0.2) is 0 Å². The fourth-order valence-electron chi connectivity index (χ4n) is 5.07. The van der Waals surface area contributed by atoms with E-state index >= 15 is 0 Å². The summed E-state index contributed by atoms with van der Waals surface area (Å²) in [5, 5.41) is 10.7. The van der Waals surface area contributed by atoms with Gasteiger partial charge in [-0.15, -0.1) is 0 Å². The molecule has 1 aliphatic heterocycles. The van der Waals surface area contributed by atoms with E-state index < -0.39 is 22.6 Å². The quantitative estimate of drug-likeness (QED) is 0.450. The number of Topliss-reactive ketones (excluding diaryl/α,β-unsaturated/α-hetero) is 2. The van der Waals surface area contributed by atoms with Gasteiger partial charge in [-0.25, -0.2) is 0 Å². The van der Waals surface area contributed by atoms with E-state index in [2.05, 4.69) is 0 Å². The molecule has 1 saturated carbocycles. The Balaban J connectivity index is 1.89. The molecule has 25 heavy (non-hydrogen) atoms. The van der Waals surface area contributed by atoms with Crippen LogP contribution < -0.4 is 0 Å². The van der Waals surface area contributed by atoms with E-state index in [4.69, 9.17) is 4.74 Å². The lowest BCUT2D eigenvalue weighted by molar-refractivity contribution is -0.152. The molecule has 0 radical (unpaired) electrons. The first-order valence-electron chi connectivity index (χ1n) is 8.88. The van der Waals surface area contributed by atoms with E-state index in [1.165, 1.54) is 0 Å². The maximum atomic E-state index is 12.8. The van der Waals surface area contributed by atoms with Crippen LogP contribution in [0.15, 0.2) is 34.6 Å². The zero-order valence-corrected chi connectivity index (χ0v) is 14.7. The second kappa shape index (κ2) is 4.93. The highest BCUT2D eigenvalue weighted by Crippen LogP contribution is 2.59. The Morgan fingerprint density at radius 1 is 1.20 bits per heavy atom. The van der Waals surface area contributed by atoms with Gasteiger partial charge in [0.1, 0.15) is 11.4 Å². The number of ketones is 2. The van der Waals surface area contributed by atoms with Gasteiger partial charge in [-0.3, -0.25) is 14.4 Å². The van der Waals surface area contributed by atoms with Crippen molar-refractivity contribution in [2.24, 2.45) is 17.3 Å². The number of aliphatic hydroxyl groups is 1. The Morgan fingerprint density at radius 2 is 1.92 bits per heavy atom. The van der Waals surface area contributed by atoms with E-state index in [1.54, 1.807) is 19.9 Å². The molecule has 0 aromatic heterocycles. The van der Waals surface area contributed by atoms with E-state index in [1.807, 2.05) is 13.0 Å². The molecule has 1 saturated heterocycles. The van der Waals surface area contributed by atoms with Crippen LogP contribution in [-0.2, 0) is 19.1 Å². The fourth-order valence-corrected chi connectivity index (χ4v) is 5.07. The third-order valence-corrected chi connectivity index (χ3v) is 6.38. The lowest BCUT2D eigenvalue weighted by Crippen LogP contribution is -2.43. The minimum absolute atomic E-state index is 0.103. The molecule has 0 unspecified atom stereocenters. The standard InChI is InChI=1S/C20H22O5/c1-10(2)14-15(21)11-5-6-13-19(3)7-4-8-20(13,25-18(19)24)9-12(11)16(22)17(14)23/h5-6,10,13,21H,4,7-9H2,1-3H3/t13-,19-,20-/m1/s1. The minimum Gasteiger partial charge on any atom is -0.507 e. The number of hydrogen-bond donors (Lipinski definition) is 1. The lowest BCUT2D eigenvalue weighted by atomic mass is 9.61. The molecule has 0 amide bonds. The zero-order chi connectivity index (χ0) is 18.1. The number of hydrogen-bond acceptors (Lipinski definition) is 5. The van der Waals surface area contributed by atoms with Gasteiger partial charge in [-0.05, 0) is 32.1 Å². The molecule has 1 N–H and O–H groups in total. The van der Waals surface area contributed by atoms with Crippen molar-refractivity contribution < 1.29 is 24.2 Å². The van der Waals surface area contributed by atoms with Crippen LogP contribution in [0.3, 0.4) is 0 Å². The Kier molecular flexibility index (Phi) is 3.22. The van der Waals surface area contributed by atoms with Crippen molar-refractivity contribution in [3.63, 3.8) is 0 Å². The number of carbonyl (C=O) groups is 3. The summed E-state index contributed by atoms with van der Waals surface area (Å²) in [6, 6.07) is 0. The van der Waals surface area contributed by atoms with Crippen molar-refractivity contribution in [1.82, 2.24) is 0 Å². The lowest BCUT2D eigenvalue weighted by Gasteiger charge is -2.39. The molecule has 4 aliphatic rings. The average Bonchev–Trinajstić information content (AvgIpc) is 2.68. The topological polar surface area (TPSA) is 80.7 Å². The summed E-state index contributed by atoms with van der Waals surface area (Å²) in [5.41, 5.74) is -0.504. The SMILES string of the molecule is CC(C)C1=C(O)C2=C(C[C@@]34CCC[C@@](C)(C(=O)O3)[C@H]4C=C2)C(=O)C1=O. The van der Waals surface area contributed by atoms with Gasteiger partial charge >= 0.3 is 5.97 Å². The van der Waals surface area contributed by atoms with Crippen LogP contribution in [-0.4, -0.2) is 28.2 Å². The van der Waals surface area contributed by atoms with Crippen molar-refractivity contribution in [3.8, 4) is 0 Å². The van der Waals surface area contributed by atoms with Crippen LogP contribution in [0.25, 0.3) is 0 Å². The first-order chi connectivity index (χ1) is 11.7. The number of esters is 1. The van der Waals surface area contributed by atoms with Crippen molar-refractivity contribution in [1.29, 1.82) is 0 Å². The Labute approximate surface area is 146 Å². The van der Waals surface area contributed by atoms with Crippen LogP contribution >= 0.6 is 0 Å². The number of ether oxygens (including phenoxy) is 1. The van der Waals surface area contributed by atoms with Crippen LogP contribution in [0.5, 0.6) is 0 Å². The van der Waals surface area contributed by atoms with E-state index in [0.29, 0.717) is 12.0 Å². The molecular weight excluding hydrogens is 320 g/mol.